The average molecular weight is 234 g/mol. The minimum atomic E-state index is -0.0734. The van der Waals surface area contributed by atoms with E-state index in [9.17, 15) is 4.79 Å². The lowest BCUT2D eigenvalue weighted by Gasteiger charge is -2.32. The van der Waals surface area contributed by atoms with Crippen LogP contribution in [0.2, 0.25) is 0 Å². The molecule has 2 atom stereocenters. The minimum absolute atomic E-state index is 0.0734. The molecule has 2 aliphatic rings. The van der Waals surface area contributed by atoms with Gasteiger partial charge in [0.05, 0.1) is 12.7 Å². The largest absolute Gasteiger partial charge is 0.375 e. The first-order chi connectivity index (χ1) is 8.15. The van der Waals surface area contributed by atoms with Gasteiger partial charge in [0, 0.05) is 31.6 Å². The third kappa shape index (κ3) is 2.26. The number of allylic oxidation sites excluding steroid dienone is 3. The molecule has 0 aromatic heterocycles. The Morgan fingerprint density at radius 2 is 2.29 bits per heavy atom. The van der Waals surface area contributed by atoms with E-state index in [1.54, 1.807) is 7.11 Å². The normalized spacial score (nSPS) is 28.2. The highest BCUT2D eigenvalue weighted by Gasteiger charge is 2.28. The molecule has 1 aliphatic heterocycles. The zero-order valence-electron chi connectivity index (χ0n) is 10.5. The van der Waals surface area contributed by atoms with Crippen LogP contribution in [0.3, 0.4) is 0 Å². The van der Waals surface area contributed by atoms with Gasteiger partial charge in [-0.2, -0.15) is 0 Å². The second-order valence-corrected chi connectivity index (χ2v) is 4.46. The maximum absolute atomic E-state index is 10.7. The molecule has 0 saturated carbocycles. The first kappa shape index (κ1) is 11.9. The van der Waals surface area contributed by atoms with Gasteiger partial charge in [-0.3, -0.25) is 4.79 Å². The molecule has 0 amide bonds. The van der Waals surface area contributed by atoms with Crippen LogP contribution in [0.5, 0.6) is 0 Å². The van der Waals surface area contributed by atoms with Crippen molar-refractivity contribution in [3.8, 4) is 0 Å². The fourth-order valence-corrected chi connectivity index (χ4v) is 2.16. The summed E-state index contributed by atoms with van der Waals surface area (Å²) in [6.07, 6.45) is 8.67. The van der Waals surface area contributed by atoms with Gasteiger partial charge in [0.25, 0.3) is 0 Å². The summed E-state index contributed by atoms with van der Waals surface area (Å²) in [4.78, 5) is 15.1. The molecule has 17 heavy (non-hydrogen) atoms. The van der Waals surface area contributed by atoms with Crippen molar-refractivity contribution in [3.05, 3.63) is 35.7 Å². The van der Waals surface area contributed by atoms with E-state index >= 15 is 0 Å². The van der Waals surface area contributed by atoms with Gasteiger partial charge >= 0.3 is 0 Å². The molecule has 4 heteroatoms. The van der Waals surface area contributed by atoms with E-state index in [0.29, 0.717) is 5.57 Å². The van der Waals surface area contributed by atoms with Crippen molar-refractivity contribution in [2.24, 2.45) is 0 Å². The molecule has 0 fully saturated rings. The van der Waals surface area contributed by atoms with E-state index in [0.717, 1.165) is 13.0 Å². The van der Waals surface area contributed by atoms with Crippen LogP contribution in [0.4, 0.5) is 0 Å². The second kappa shape index (κ2) is 4.75. The van der Waals surface area contributed by atoms with Crippen LogP contribution < -0.4 is 0 Å². The molecule has 92 valence electrons. The Hall–Kier alpha value is -1.55. The molecule has 0 aromatic carbocycles. The van der Waals surface area contributed by atoms with Crippen LogP contribution in [0.15, 0.2) is 35.7 Å². The number of carbonyl (C=O) groups excluding carboxylic acids is 1. The molecule has 1 aliphatic carbocycles. The van der Waals surface area contributed by atoms with Crippen molar-refractivity contribution >= 4 is 6.29 Å². The van der Waals surface area contributed by atoms with E-state index in [2.05, 4.69) is 30.0 Å². The van der Waals surface area contributed by atoms with Gasteiger partial charge in [-0.1, -0.05) is 12.2 Å². The standard InChI is InChI=1S/C13H18N2O2/c1-10-7-15(9-14(10)2)12-5-4-11(8-16)6-13(12)17-3/h4-8,12-13H,9H2,1-3H3. The first-order valence-electron chi connectivity index (χ1n) is 5.69. The van der Waals surface area contributed by atoms with Crippen molar-refractivity contribution in [3.63, 3.8) is 0 Å². The molecule has 2 rings (SSSR count). The summed E-state index contributed by atoms with van der Waals surface area (Å²) in [6.45, 7) is 2.94. The molecule has 0 bridgehead atoms. The zero-order valence-corrected chi connectivity index (χ0v) is 10.5. The van der Waals surface area contributed by atoms with Gasteiger partial charge in [-0.15, -0.1) is 0 Å². The first-order valence-corrected chi connectivity index (χ1v) is 5.69. The number of ether oxygens (including phenoxy) is 1. The molecule has 0 aromatic rings. The highest BCUT2D eigenvalue weighted by Crippen LogP contribution is 2.23. The molecule has 0 spiro atoms. The summed E-state index contributed by atoms with van der Waals surface area (Å²) in [6, 6.07) is 0.156. The zero-order chi connectivity index (χ0) is 12.4. The lowest BCUT2D eigenvalue weighted by molar-refractivity contribution is -0.104. The van der Waals surface area contributed by atoms with Crippen LogP contribution in [0, 0.1) is 0 Å². The van der Waals surface area contributed by atoms with Gasteiger partial charge in [0.2, 0.25) is 0 Å². The summed E-state index contributed by atoms with van der Waals surface area (Å²) in [5, 5.41) is 0. The number of carbonyl (C=O) groups is 1. The van der Waals surface area contributed by atoms with Gasteiger partial charge in [-0.25, -0.2) is 0 Å². The van der Waals surface area contributed by atoms with Crippen molar-refractivity contribution < 1.29 is 9.53 Å². The summed E-state index contributed by atoms with van der Waals surface area (Å²) in [7, 11) is 3.74. The molecule has 2 unspecified atom stereocenters. The maximum atomic E-state index is 10.7. The van der Waals surface area contributed by atoms with E-state index in [1.807, 2.05) is 18.2 Å². The van der Waals surface area contributed by atoms with Crippen LogP contribution in [-0.2, 0) is 9.53 Å². The predicted octanol–water partition coefficient (Wildman–Crippen LogP) is 1.13. The van der Waals surface area contributed by atoms with E-state index in [1.165, 1.54) is 5.70 Å². The summed E-state index contributed by atoms with van der Waals surface area (Å²) < 4.78 is 5.44. The Morgan fingerprint density at radius 3 is 2.82 bits per heavy atom. The molecule has 0 N–H and O–H groups in total. The smallest absolute Gasteiger partial charge is 0.149 e. The van der Waals surface area contributed by atoms with E-state index in [-0.39, 0.29) is 12.1 Å². The minimum Gasteiger partial charge on any atom is -0.375 e. The third-order valence-electron chi connectivity index (χ3n) is 3.30. The summed E-state index contributed by atoms with van der Waals surface area (Å²) in [5.41, 5.74) is 1.92. The fourth-order valence-electron chi connectivity index (χ4n) is 2.16. The van der Waals surface area contributed by atoms with Crippen molar-refractivity contribution in [1.82, 2.24) is 9.80 Å². The lowest BCUT2D eigenvalue weighted by Crippen LogP contribution is -2.41. The van der Waals surface area contributed by atoms with E-state index < -0.39 is 0 Å². The predicted molar refractivity (Wildman–Crippen MR) is 66.1 cm³/mol. The number of rotatable bonds is 3. The molecule has 4 nitrogen and oxygen atoms in total. The van der Waals surface area contributed by atoms with Gasteiger partial charge in [0.15, 0.2) is 0 Å². The Balaban J connectivity index is 2.15. The lowest BCUT2D eigenvalue weighted by atomic mass is 10.00. The Bertz CT molecular complexity index is 396. The number of hydrogen-bond acceptors (Lipinski definition) is 4. The number of aldehydes is 1. The molecular weight excluding hydrogens is 216 g/mol. The van der Waals surface area contributed by atoms with Gasteiger partial charge < -0.3 is 14.5 Å². The Labute approximate surface area is 102 Å². The maximum Gasteiger partial charge on any atom is 0.149 e. The highest BCUT2D eigenvalue weighted by molar-refractivity contribution is 5.78. The fraction of sp³-hybridized carbons (Fsp3) is 0.462. The highest BCUT2D eigenvalue weighted by atomic mass is 16.5. The topological polar surface area (TPSA) is 32.8 Å². The van der Waals surface area contributed by atoms with Crippen LogP contribution >= 0.6 is 0 Å². The number of nitrogens with zero attached hydrogens (tertiary/aromatic N) is 2. The molecule has 1 heterocycles. The summed E-state index contributed by atoms with van der Waals surface area (Å²) in [5.74, 6) is 0. The van der Waals surface area contributed by atoms with Crippen molar-refractivity contribution in [2.75, 3.05) is 20.8 Å². The third-order valence-corrected chi connectivity index (χ3v) is 3.30. The monoisotopic (exact) mass is 234 g/mol. The van der Waals surface area contributed by atoms with E-state index in [4.69, 9.17) is 4.74 Å². The van der Waals surface area contributed by atoms with Crippen LogP contribution in [0.1, 0.15) is 6.92 Å². The Kier molecular flexibility index (Phi) is 3.33. The molecular formula is C13H18N2O2. The number of hydrogen-bond donors (Lipinski definition) is 0. The number of methoxy groups -OCH3 is 1. The van der Waals surface area contributed by atoms with Crippen molar-refractivity contribution in [1.29, 1.82) is 0 Å². The summed E-state index contributed by atoms with van der Waals surface area (Å²) >= 11 is 0. The second-order valence-electron chi connectivity index (χ2n) is 4.46. The molecule has 0 radical (unpaired) electrons. The van der Waals surface area contributed by atoms with Crippen LogP contribution in [0.25, 0.3) is 0 Å². The van der Waals surface area contributed by atoms with Crippen molar-refractivity contribution in [2.45, 2.75) is 19.1 Å². The van der Waals surface area contributed by atoms with Crippen LogP contribution in [-0.4, -0.2) is 49.1 Å². The average Bonchev–Trinajstić information content (AvgIpc) is 2.68. The van der Waals surface area contributed by atoms with Gasteiger partial charge in [-0.05, 0) is 13.0 Å². The molecule has 0 saturated heterocycles. The SMILES string of the molecule is COC1C=C(C=O)C=CC1N1C=C(C)N(C)C1. The van der Waals surface area contributed by atoms with Gasteiger partial charge in [0.1, 0.15) is 12.4 Å². The quantitative estimate of drug-likeness (QED) is 0.685. The Morgan fingerprint density at radius 1 is 1.53 bits per heavy atom.